The number of alkyl halides is 1. The molecule has 0 saturated heterocycles. The summed E-state index contributed by atoms with van der Waals surface area (Å²) in [5.41, 5.74) is 11.7. The maximum absolute atomic E-state index is 12.7. The van der Waals surface area contributed by atoms with Crippen molar-refractivity contribution < 1.29 is 14.0 Å². The van der Waals surface area contributed by atoms with Crippen LogP contribution < -0.4 is 22.1 Å². The molecule has 1 aromatic rings. The van der Waals surface area contributed by atoms with Crippen molar-refractivity contribution in [1.29, 1.82) is 5.41 Å². The van der Waals surface area contributed by atoms with E-state index in [1.807, 2.05) is 0 Å². The first-order chi connectivity index (χ1) is 9.97. The number of nitrogens with one attached hydrogen (secondary N) is 3. The first kappa shape index (κ1) is 16.6. The summed E-state index contributed by atoms with van der Waals surface area (Å²) in [5.74, 6) is -1.28. The summed E-state index contributed by atoms with van der Waals surface area (Å²) in [6.45, 7) is -1.15. The van der Waals surface area contributed by atoms with Gasteiger partial charge in [-0.15, -0.1) is 0 Å². The molecule has 0 spiro atoms. The fraction of sp³-hybridized carbons (Fsp3) is 0.308. The van der Waals surface area contributed by atoms with Crippen molar-refractivity contribution in [3.8, 4) is 0 Å². The molecule has 0 fully saturated rings. The summed E-state index contributed by atoms with van der Waals surface area (Å²) in [5, 5.41) is 11.9. The minimum atomic E-state index is -1.25. The highest BCUT2D eigenvalue weighted by Crippen LogP contribution is 2.03. The minimum absolute atomic E-state index is 0.0485. The smallest absolute Gasteiger partial charge is 0.245 e. The molecule has 0 aliphatic carbocycles. The van der Waals surface area contributed by atoms with Crippen molar-refractivity contribution in [2.75, 3.05) is 13.2 Å². The number of nitrogen functional groups attached to an aromatic ring is 1. The van der Waals surface area contributed by atoms with Gasteiger partial charge in [0.2, 0.25) is 11.8 Å². The molecule has 0 aliphatic rings. The van der Waals surface area contributed by atoms with Crippen molar-refractivity contribution in [3.05, 3.63) is 35.4 Å². The van der Waals surface area contributed by atoms with Crippen LogP contribution in [0, 0.1) is 5.41 Å². The lowest BCUT2D eigenvalue weighted by Gasteiger charge is -2.15. The van der Waals surface area contributed by atoms with Gasteiger partial charge in [-0.3, -0.25) is 15.0 Å². The molecule has 21 heavy (non-hydrogen) atoms. The van der Waals surface area contributed by atoms with Crippen LogP contribution >= 0.6 is 0 Å². The molecule has 0 heterocycles. The van der Waals surface area contributed by atoms with Crippen LogP contribution in [-0.4, -0.2) is 36.9 Å². The molecule has 0 radical (unpaired) electrons. The third kappa shape index (κ3) is 5.19. The maximum atomic E-state index is 12.7. The van der Waals surface area contributed by atoms with Crippen LogP contribution in [-0.2, 0) is 16.1 Å². The van der Waals surface area contributed by atoms with Gasteiger partial charge in [0.1, 0.15) is 18.6 Å². The second-order valence-corrected chi connectivity index (χ2v) is 4.31. The van der Waals surface area contributed by atoms with E-state index in [-0.39, 0.29) is 18.9 Å². The van der Waals surface area contributed by atoms with E-state index in [0.717, 1.165) is 5.56 Å². The van der Waals surface area contributed by atoms with Gasteiger partial charge in [-0.25, -0.2) is 4.39 Å². The van der Waals surface area contributed by atoms with Crippen LogP contribution in [0.25, 0.3) is 0 Å². The average molecular weight is 295 g/mol. The molecule has 1 unspecified atom stereocenters. The number of hydrogen-bond acceptors (Lipinski definition) is 4. The largest absolute Gasteiger partial charge is 0.384 e. The van der Waals surface area contributed by atoms with Gasteiger partial charge < -0.3 is 22.1 Å². The molecule has 1 aromatic carbocycles. The minimum Gasteiger partial charge on any atom is -0.384 e. The fourth-order valence-corrected chi connectivity index (χ4v) is 1.54. The Morgan fingerprint density at radius 2 is 1.90 bits per heavy atom. The van der Waals surface area contributed by atoms with Crippen molar-refractivity contribution in [1.82, 2.24) is 10.6 Å². The lowest BCUT2D eigenvalue weighted by atomic mass is 10.1. The molecule has 114 valence electrons. The molecule has 2 amide bonds. The quantitative estimate of drug-likeness (QED) is 0.326. The van der Waals surface area contributed by atoms with Gasteiger partial charge in [0, 0.05) is 12.1 Å². The second-order valence-electron chi connectivity index (χ2n) is 4.31. The Balaban J connectivity index is 2.54. The molecule has 0 aliphatic heterocycles. The first-order valence-electron chi connectivity index (χ1n) is 6.24. The van der Waals surface area contributed by atoms with E-state index in [4.69, 9.17) is 16.9 Å². The Labute approximate surface area is 121 Å². The summed E-state index contributed by atoms with van der Waals surface area (Å²) in [7, 11) is 0. The van der Waals surface area contributed by atoms with Gasteiger partial charge >= 0.3 is 0 Å². The Bertz CT molecular complexity index is 518. The topological polar surface area (TPSA) is 134 Å². The number of nitrogens with two attached hydrogens (primary N) is 2. The van der Waals surface area contributed by atoms with E-state index in [1.54, 1.807) is 24.3 Å². The van der Waals surface area contributed by atoms with Crippen molar-refractivity contribution in [3.63, 3.8) is 0 Å². The number of benzene rings is 1. The number of halogens is 1. The molecular formula is C13H18FN5O2. The first-order valence-corrected chi connectivity index (χ1v) is 6.24. The van der Waals surface area contributed by atoms with E-state index in [9.17, 15) is 14.0 Å². The van der Waals surface area contributed by atoms with E-state index < -0.39 is 24.5 Å². The standard InChI is InChI=1S/C13H18FN5O2/c14-5-10(19-11(20)6-15)13(21)18-7-8-1-3-9(4-2-8)12(16)17/h1-4,10H,5-7,15H2,(H3,16,17)(H,18,21)(H,19,20). The van der Waals surface area contributed by atoms with E-state index in [0.29, 0.717) is 5.56 Å². The summed E-state index contributed by atoms with van der Waals surface area (Å²) < 4.78 is 12.7. The highest BCUT2D eigenvalue weighted by Gasteiger charge is 2.19. The van der Waals surface area contributed by atoms with Crippen molar-refractivity contribution >= 4 is 17.6 Å². The number of hydrogen-bond donors (Lipinski definition) is 5. The third-order valence-corrected chi connectivity index (χ3v) is 2.72. The van der Waals surface area contributed by atoms with Gasteiger partial charge in [0.15, 0.2) is 0 Å². The predicted octanol–water partition coefficient (Wildman–Crippen LogP) is -1.00. The molecule has 0 aromatic heterocycles. The van der Waals surface area contributed by atoms with Crippen LogP contribution in [0.4, 0.5) is 4.39 Å². The fourth-order valence-electron chi connectivity index (χ4n) is 1.54. The lowest BCUT2D eigenvalue weighted by Crippen LogP contribution is -2.49. The predicted molar refractivity (Wildman–Crippen MR) is 76.3 cm³/mol. The molecule has 7 nitrogen and oxygen atoms in total. The van der Waals surface area contributed by atoms with Crippen LogP contribution in [0.5, 0.6) is 0 Å². The van der Waals surface area contributed by atoms with Crippen LogP contribution in [0.1, 0.15) is 11.1 Å². The highest BCUT2D eigenvalue weighted by atomic mass is 19.1. The monoisotopic (exact) mass is 295 g/mol. The highest BCUT2D eigenvalue weighted by molar-refractivity contribution is 5.94. The Morgan fingerprint density at radius 3 is 2.38 bits per heavy atom. The molecule has 0 saturated carbocycles. The zero-order chi connectivity index (χ0) is 15.8. The maximum Gasteiger partial charge on any atom is 0.245 e. The van der Waals surface area contributed by atoms with E-state index in [1.165, 1.54) is 0 Å². The van der Waals surface area contributed by atoms with Crippen molar-refractivity contribution in [2.24, 2.45) is 11.5 Å². The molecule has 8 heteroatoms. The summed E-state index contributed by atoms with van der Waals surface area (Å²) in [6, 6.07) is 5.43. The van der Waals surface area contributed by atoms with Gasteiger partial charge in [-0.1, -0.05) is 24.3 Å². The van der Waals surface area contributed by atoms with Crippen LogP contribution in [0.3, 0.4) is 0 Å². The zero-order valence-corrected chi connectivity index (χ0v) is 11.4. The molecule has 7 N–H and O–H groups in total. The number of carbonyl (C=O) groups excluding carboxylic acids is 2. The molecule has 0 bridgehead atoms. The summed E-state index contributed by atoms with van der Waals surface area (Å²) >= 11 is 0. The normalized spacial score (nSPS) is 11.5. The Hall–Kier alpha value is -2.48. The summed E-state index contributed by atoms with van der Waals surface area (Å²) in [4.78, 5) is 22.8. The number of carbonyl (C=O) groups is 2. The molecular weight excluding hydrogens is 277 g/mol. The van der Waals surface area contributed by atoms with Crippen molar-refractivity contribution in [2.45, 2.75) is 12.6 Å². The van der Waals surface area contributed by atoms with Gasteiger partial charge in [0.25, 0.3) is 0 Å². The SMILES string of the molecule is N=C(N)c1ccc(CNC(=O)C(CF)NC(=O)CN)cc1. The number of amides is 2. The molecule has 1 rings (SSSR count). The Morgan fingerprint density at radius 1 is 1.29 bits per heavy atom. The van der Waals surface area contributed by atoms with Crippen LogP contribution in [0.2, 0.25) is 0 Å². The van der Waals surface area contributed by atoms with E-state index >= 15 is 0 Å². The third-order valence-electron chi connectivity index (χ3n) is 2.72. The average Bonchev–Trinajstić information content (AvgIpc) is 2.50. The Kier molecular flexibility index (Phi) is 6.28. The zero-order valence-electron chi connectivity index (χ0n) is 11.4. The van der Waals surface area contributed by atoms with Gasteiger partial charge in [0.05, 0.1) is 6.54 Å². The van der Waals surface area contributed by atoms with Gasteiger partial charge in [-0.05, 0) is 5.56 Å². The van der Waals surface area contributed by atoms with E-state index in [2.05, 4.69) is 10.6 Å². The van der Waals surface area contributed by atoms with Gasteiger partial charge in [-0.2, -0.15) is 0 Å². The lowest BCUT2D eigenvalue weighted by molar-refractivity contribution is -0.128. The number of amidine groups is 1. The van der Waals surface area contributed by atoms with Crippen LogP contribution in [0.15, 0.2) is 24.3 Å². The molecule has 1 atom stereocenters. The second kappa shape index (κ2) is 7.95. The number of rotatable bonds is 7. The summed E-state index contributed by atoms with van der Waals surface area (Å²) in [6.07, 6.45) is 0.